The Balaban J connectivity index is 1.29. The van der Waals surface area contributed by atoms with E-state index in [-0.39, 0.29) is 5.91 Å². The summed E-state index contributed by atoms with van der Waals surface area (Å²) in [7, 11) is 0. The summed E-state index contributed by atoms with van der Waals surface area (Å²) in [5, 5.41) is 20.6. The molecule has 3 aromatic heterocycles. The number of carbonyl (C=O) groups excluding carboxylic acids is 1. The summed E-state index contributed by atoms with van der Waals surface area (Å²) >= 11 is 1.52. The lowest BCUT2D eigenvalue weighted by atomic mass is 9.93. The Morgan fingerprint density at radius 2 is 1.79 bits per heavy atom. The quantitative estimate of drug-likeness (QED) is 0.191. The first-order chi connectivity index (χ1) is 20.7. The maximum absolute atomic E-state index is 13.2. The van der Waals surface area contributed by atoms with Crippen molar-refractivity contribution in [3.8, 4) is 33.6 Å². The van der Waals surface area contributed by atoms with Gasteiger partial charge in [0.15, 0.2) is 0 Å². The second-order valence-electron chi connectivity index (χ2n) is 9.92. The molecule has 0 bridgehead atoms. The van der Waals surface area contributed by atoms with Gasteiger partial charge in [0, 0.05) is 30.1 Å². The Kier molecular flexibility index (Phi) is 8.23. The highest BCUT2D eigenvalue weighted by atomic mass is 32.1. The van der Waals surface area contributed by atoms with E-state index in [2.05, 4.69) is 91.4 Å². The molecule has 1 amide bonds. The van der Waals surface area contributed by atoms with Crippen LogP contribution >= 0.6 is 11.3 Å². The first kappa shape index (κ1) is 27.2. The Morgan fingerprint density at radius 3 is 2.52 bits per heavy atom. The average molecular weight is 575 g/mol. The third-order valence-corrected chi connectivity index (χ3v) is 7.91. The van der Waals surface area contributed by atoms with Crippen LogP contribution in [0.15, 0.2) is 90.6 Å². The van der Waals surface area contributed by atoms with E-state index in [0.29, 0.717) is 24.6 Å². The molecular formula is C32H30N8OS. The molecule has 9 nitrogen and oxygen atoms in total. The topological polar surface area (TPSA) is 114 Å². The molecule has 0 saturated carbocycles. The molecule has 0 saturated heterocycles. The van der Waals surface area contributed by atoms with E-state index in [9.17, 15) is 4.79 Å². The number of benzene rings is 3. The van der Waals surface area contributed by atoms with Crippen molar-refractivity contribution < 1.29 is 4.79 Å². The highest BCUT2D eigenvalue weighted by Gasteiger charge is 2.18. The van der Waals surface area contributed by atoms with Crippen LogP contribution in [-0.4, -0.2) is 41.1 Å². The van der Waals surface area contributed by atoms with E-state index in [0.717, 1.165) is 63.5 Å². The second kappa shape index (κ2) is 12.7. The number of aromatic nitrogens is 7. The molecule has 210 valence electrons. The zero-order chi connectivity index (χ0) is 28.7. The lowest BCUT2D eigenvalue weighted by molar-refractivity contribution is 0.0941. The van der Waals surface area contributed by atoms with Crippen LogP contribution in [0.2, 0.25) is 0 Å². The third-order valence-electron chi connectivity index (χ3n) is 7.13. The average Bonchev–Trinajstić information content (AvgIpc) is 3.83. The van der Waals surface area contributed by atoms with Gasteiger partial charge in [0.05, 0.1) is 12.7 Å². The van der Waals surface area contributed by atoms with Gasteiger partial charge in [-0.1, -0.05) is 74.0 Å². The molecule has 0 aliphatic heterocycles. The summed E-state index contributed by atoms with van der Waals surface area (Å²) in [5.41, 5.74) is 6.81. The van der Waals surface area contributed by atoms with Gasteiger partial charge in [-0.15, -0.1) is 21.5 Å². The maximum atomic E-state index is 13.2. The predicted molar refractivity (Wildman–Crippen MR) is 164 cm³/mol. The van der Waals surface area contributed by atoms with Crippen LogP contribution in [0.1, 0.15) is 46.6 Å². The van der Waals surface area contributed by atoms with Gasteiger partial charge in [0.2, 0.25) is 5.82 Å². The van der Waals surface area contributed by atoms with Crippen molar-refractivity contribution in [1.82, 2.24) is 40.5 Å². The molecule has 3 heterocycles. The monoisotopic (exact) mass is 574 g/mol. The highest BCUT2D eigenvalue weighted by molar-refractivity contribution is 7.09. The summed E-state index contributed by atoms with van der Waals surface area (Å²) in [4.78, 5) is 22.1. The number of hydrogen-bond acceptors (Lipinski definition) is 7. The lowest BCUT2D eigenvalue weighted by Crippen LogP contribution is -2.26. The molecule has 0 unspecified atom stereocenters. The van der Waals surface area contributed by atoms with Crippen LogP contribution in [0.4, 0.5) is 0 Å². The van der Waals surface area contributed by atoms with E-state index < -0.39 is 0 Å². The van der Waals surface area contributed by atoms with Crippen molar-refractivity contribution in [2.45, 2.75) is 39.3 Å². The Bertz CT molecular complexity index is 1740. The Labute approximate surface area is 247 Å². The zero-order valence-corrected chi connectivity index (χ0v) is 24.0. The minimum atomic E-state index is -0.153. The van der Waals surface area contributed by atoms with E-state index in [1.165, 1.54) is 11.3 Å². The first-order valence-corrected chi connectivity index (χ1v) is 14.8. The fourth-order valence-electron chi connectivity index (χ4n) is 4.93. The molecule has 0 aliphatic carbocycles. The fourth-order valence-corrected chi connectivity index (χ4v) is 5.49. The molecule has 0 aliphatic rings. The molecule has 6 aromatic rings. The number of thiazole rings is 1. The highest BCUT2D eigenvalue weighted by Crippen LogP contribution is 2.34. The van der Waals surface area contributed by atoms with Crippen molar-refractivity contribution in [2.24, 2.45) is 0 Å². The number of rotatable bonds is 11. The molecule has 0 atom stereocenters. The third kappa shape index (κ3) is 6.03. The maximum Gasteiger partial charge on any atom is 0.269 e. The number of amides is 1. The summed E-state index contributed by atoms with van der Waals surface area (Å²) in [5.74, 6) is 1.30. The van der Waals surface area contributed by atoms with Gasteiger partial charge in [0.25, 0.3) is 5.91 Å². The smallest absolute Gasteiger partial charge is 0.269 e. The van der Waals surface area contributed by atoms with Crippen molar-refractivity contribution >= 4 is 17.2 Å². The fraction of sp³-hybridized carbons (Fsp3) is 0.188. The largest absolute Gasteiger partial charge is 0.344 e. The molecule has 0 spiro atoms. The van der Waals surface area contributed by atoms with Crippen molar-refractivity contribution in [3.63, 3.8) is 0 Å². The number of nitrogens with one attached hydrogen (secondary N) is 2. The normalized spacial score (nSPS) is 11.1. The van der Waals surface area contributed by atoms with E-state index >= 15 is 0 Å². The van der Waals surface area contributed by atoms with Gasteiger partial charge < -0.3 is 9.88 Å². The number of imidazole rings is 1. The SMILES string of the molecule is CCCCc1ncc(C(=O)NCc2nccs2)n1Cc1ccc(-c2cc(-c3ccccc3)ccc2-c2nn[nH]n2)cc1. The van der Waals surface area contributed by atoms with E-state index in [1.54, 1.807) is 12.4 Å². The predicted octanol–water partition coefficient (Wildman–Crippen LogP) is 6.17. The van der Waals surface area contributed by atoms with Crippen molar-refractivity contribution in [1.29, 1.82) is 0 Å². The number of carbonyl (C=O) groups is 1. The molecule has 3 aromatic carbocycles. The molecule has 2 N–H and O–H groups in total. The number of tetrazole rings is 1. The van der Waals surface area contributed by atoms with Crippen LogP contribution in [0, 0.1) is 0 Å². The van der Waals surface area contributed by atoms with E-state index in [4.69, 9.17) is 0 Å². The van der Waals surface area contributed by atoms with Gasteiger partial charge in [0.1, 0.15) is 16.5 Å². The number of nitrogens with zero attached hydrogens (tertiary/aromatic N) is 6. The van der Waals surface area contributed by atoms with Crippen LogP contribution in [0.25, 0.3) is 33.6 Å². The van der Waals surface area contributed by atoms with Gasteiger partial charge in [-0.05, 0) is 51.6 Å². The molecule has 0 fully saturated rings. The van der Waals surface area contributed by atoms with Crippen LogP contribution in [0.3, 0.4) is 0 Å². The molecule has 10 heteroatoms. The molecule has 0 radical (unpaired) electrons. The molecule has 6 rings (SSSR count). The summed E-state index contributed by atoms with van der Waals surface area (Å²) in [6.07, 6.45) is 6.30. The van der Waals surface area contributed by atoms with Crippen LogP contribution in [0.5, 0.6) is 0 Å². The Hall–Kier alpha value is -4.96. The molecule has 42 heavy (non-hydrogen) atoms. The van der Waals surface area contributed by atoms with Gasteiger partial charge >= 0.3 is 0 Å². The van der Waals surface area contributed by atoms with Gasteiger partial charge in [-0.3, -0.25) is 4.79 Å². The minimum Gasteiger partial charge on any atom is -0.344 e. The van der Waals surface area contributed by atoms with E-state index in [1.807, 2.05) is 34.2 Å². The summed E-state index contributed by atoms with van der Waals surface area (Å²) in [6.45, 7) is 3.09. The summed E-state index contributed by atoms with van der Waals surface area (Å²) < 4.78 is 2.03. The van der Waals surface area contributed by atoms with Crippen molar-refractivity contribution in [2.75, 3.05) is 0 Å². The summed E-state index contributed by atoms with van der Waals surface area (Å²) in [6, 6.07) is 25.0. The van der Waals surface area contributed by atoms with Crippen molar-refractivity contribution in [3.05, 3.63) is 113 Å². The minimum absolute atomic E-state index is 0.153. The lowest BCUT2D eigenvalue weighted by Gasteiger charge is -2.14. The number of aryl methyl sites for hydroxylation is 1. The Morgan fingerprint density at radius 1 is 0.952 bits per heavy atom. The standard InChI is InChI=1S/C32H30N8OS/c1-2-3-9-29-34-19-28(32(41)35-20-30-33-16-17-42-30)40(29)21-22-10-12-24(13-11-22)27-18-25(23-7-5-4-6-8-23)14-15-26(27)31-36-38-39-37-31/h4-8,10-19H,2-3,9,20-21H2,1H3,(H,35,41)(H,36,37,38,39). The van der Waals surface area contributed by atoms with Gasteiger partial charge in [-0.25, -0.2) is 9.97 Å². The number of hydrogen-bond donors (Lipinski definition) is 2. The number of aromatic amines is 1. The van der Waals surface area contributed by atoms with Crippen LogP contribution in [-0.2, 0) is 19.5 Å². The molecular weight excluding hydrogens is 544 g/mol. The van der Waals surface area contributed by atoms with Crippen LogP contribution < -0.4 is 5.32 Å². The second-order valence-corrected chi connectivity index (χ2v) is 10.9. The number of unbranched alkanes of at least 4 members (excludes halogenated alkanes) is 1. The first-order valence-electron chi connectivity index (χ1n) is 13.9. The number of H-pyrrole nitrogens is 1. The van der Waals surface area contributed by atoms with Gasteiger partial charge in [-0.2, -0.15) is 5.21 Å². The zero-order valence-electron chi connectivity index (χ0n) is 23.2.